The lowest BCUT2D eigenvalue weighted by Crippen LogP contribution is -2.37. The summed E-state index contributed by atoms with van der Waals surface area (Å²) in [5.74, 6) is -0.266. The fourth-order valence-electron chi connectivity index (χ4n) is 2.81. The molecule has 1 fully saturated rings. The van der Waals surface area contributed by atoms with Crippen LogP contribution in [-0.2, 0) is 0 Å². The Balaban J connectivity index is 2.07. The molecule has 0 aliphatic heterocycles. The third-order valence-electron chi connectivity index (χ3n) is 4.16. The zero-order valence-electron chi connectivity index (χ0n) is 12.0. The first-order chi connectivity index (χ1) is 9.93. The number of benzene rings is 1. The molecule has 1 aliphatic rings. The number of hydrogen-bond donors (Lipinski definition) is 1. The fraction of sp³-hybridized carbons (Fsp3) is 0.533. The molecule has 0 bridgehead atoms. The second-order valence-corrected chi connectivity index (χ2v) is 6.74. The summed E-state index contributed by atoms with van der Waals surface area (Å²) in [6.07, 6.45) is 5.90. The standard InChI is InChI=1S/C15H19BrN2O3/c1-15(8-3-2-4-9-15)10-17-14(19)11-6-5-7-12(13(11)16)18(20)21/h5-7H,2-4,8-10H2,1H3,(H,17,19). The van der Waals surface area contributed by atoms with Crippen LogP contribution in [-0.4, -0.2) is 17.4 Å². The number of amides is 1. The largest absolute Gasteiger partial charge is 0.351 e. The first-order valence-corrected chi connectivity index (χ1v) is 7.93. The van der Waals surface area contributed by atoms with E-state index in [0.29, 0.717) is 12.1 Å². The molecule has 1 aromatic carbocycles. The number of hydrogen-bond acceptors (Lipinski definition) is 3. The summed E-state index contributed by atoms with van der Waals surface area (Å²) in [6, 6.07) is 4.50. The number of nitro benzene ring substituents is 1. The SMILES string of the molecule is CC1(CNC(=O)c2cccc([N+](=O)[O-])c2Br)CCCCC1. The number of nitro groups is 1. The molecule has 0 heterocycles. The summed E-state index contributed by atoms with van der Waals surface area (Å²) in [6.45, 7) is 2.80. The molecule has 0 atom stereocenters. The van der Waals surface area contributed by atoms with Crippen molar-refractivity contribution in [2.24, 2.45) is 5.41 Å². The molecule has 0 unspecified atom stereocenters. The number of carbonyl (C=O) groups is 1. The van der Waals surface area contributed by atoms with Crippen LogP contribution in [0.1, 0.15) is 49.4 Å². The number of nitrogens with one attached hydrogen (secondary N) is 1. The Hall–Kier alpha value is -1.43. The average molecular weight is 355 g/mol. The molecule has 1 saturated carbocycles. The van der Waals surface area contributed by atoms with Crippen molar-refractivity contribution in [3.63, 3.8) is 0 Å². The smallest absolute Gasteiger partial charge is 0.284 e. The maximum absolute atomic E-state index is 12.3. The van der Waals surface area contributed by atoms with Crippen molar-refractivity contribution < 1.29 is 9.72 Å². The van der Waals surface area contributed by atoms with Gasteiger partial charge in [-0.15, -0.1) is 0 Å². The highest BCUT2D eigenvalue weighted by molar-refractivity contribution is 9.10. The fourth-order valence-corrected chi connectivity index (χ4v) is 3.40. The zero-order valence-corrected chi connectivity index (χ0v) is 13.6. The molecule has 0 radical (unpaired) electrons. The van der Waals surface area contributed by atoms with Crippen LogP contribution in [0.25, 0.3) is 0 Å². The molecule has 1 aliphatic carbocycles. The van der Waals surface area contributed by atoms with E-state index in [1.165, 1.54) is 31.4 Å². The highest BCUT2D eigenvalue weighted by atomic mass is 79.9. The van der Waals surface area contributed by atoms with E-state index in [1.807, 2.05) is 0 Å². The van der Waals surface area contributed by atoms with E-state index in [4.69, 9.17) is 0 Å². The monoisotopic (exact) mass is 354 g/mol. The highest BCUT2D eigenvalue weighted by Crippen LogP contribution is 2.35. The first kappa shape index (κ1) is 15.9. The van der Waals surface area contributed by atoms with E-state index in [0.717, 1.165) is 12.8 Å². The van der Waals surface area contributed by atoms with Gasteiger partial charge in [0.2, 0.25) is 0 Å². The van der Waals surface area contributed by atoms with E-state index in [1.54, 1.807) is 6.07 Å². The van der Waals surface area contributed by atoms with Gasteiger partial charge in [0.25, 0.3) is 11.6 Å². The van der Waals surface area contributed by atoms with Crippen molar-refractivity contribution in [1.82, 2.24) is 5.32 Å². The van der Waals surface area contributed by atoms with Gasteiger partial charge in [-0.25, -0.2) is 0 Å². The summed E-state index contributed by atoms with van der Waals surface area (Å²) >= 11 is 3.16. The van der Waals surface area contributed by atoms with Crippen LogP contribution < -0.4 is 5.32 Å². The summed E-state index contributed by atoms with van der Waals surface area (Å²) in [5, 5.41) is 13.8. The third kappa shape index (κ3) is 3.81. The van der Waals surface area contributed by atoms with Gasteiger partial charge < -0.3 is 5.32 Å². The zero-order chi connectivity index (χ0) is 15.5. The van der Waals surface area contributed by atoms with Gasteiger partial charge in [0.1, 0.15) is 4.47 Å². The number of carbonyl (C=O) groups excluding carboxylic acids is 1. The van der Waals surface area contributed by atoms with Gasteiger partial charge in [0.15, 0.2) is 0 Å². The van der Waals surface area contributed by atoms with E-state index in [-0.39, 0.29) is 21.5 Å². The van der Waals surface area contributed by atoms with Crippen LogP contribution >= 0.6 is 15.9 Å². The van der Waals surface area contributed by atoms with Crippen molar-refractivity contribution in [1.29, 1.82) is 0 Å². The molecule has 114 valence electrons. The summed E-state index contributed by atoms with van der Waals surface area (Å²) in [7, 11) is 0. The first-order valence-electron chi connectivity index (χ1n) is 7.14. The van der Waals surface area contributed by atoms with Crippen molar-refractivity contribution in [3.05, 3.63) is 38.3 Å². The van der Waals surface area contributed by atoms with Crippen LogP contribution in [0.4, 0.5) is 5.69 Å². The van der Waals surface area contributed by atoms with Crippen molar-refractivity contribution in [3.8, 4) is 0 Å². The van der Waals surface area contributed by atoms with Crippen LogP contribution in [0.15, 0.2) is 22.7 Å². The lowest BCUT2D eigenvalue weighted by Gasteiger charge is -2.33. The Morgan fingerprint density at radius 1 is 1.38 bits per heavy atom. The molecule has 1 N–H and O–H groups in total. The Bertz CT molecular complexity index is 554. The molecule has 1 amide bonds. The highest BCUT2D eigenvalue weighted by Gasteiger charge is 2.28. The van der Waals surface area contributed by atoms with E-state index >= 15 is 0 Å². The molecule has 1 aromatic rings. The maximum atomic E-state index is 12.3. The Morgan fingerprint density at radius 3 is 2.67 bits per heavy atom. The average Bonchev–Trinajstić information content (AvgIpc) is 2.45. The van der Waals surface area contributed by atoms with Crippen molar-refractivity contribution in [2.75, 3.05) is 6.54 Å². The van der Waals surface area contributed by atoms with Crippen LogP contribution in [0.2, 0.25) is 0 Å². The maximum Gasteiger partial charge on any atom is 0.284 e. The van der Waals surface area contributed by atoms with Gasteiger partial charge in [-0.2, -0.15) is 0 Å². The predicted octanol–water partition coefficient (Wildman–Crippen LogP) is 4.06. The van der Waals surface area contributed by atoms with Crippen molar-refractivity contribution in [2.45, 2.75) is 39.0 Å². The molecule has 0 spiro atoms. The third-order valence-corrected chi connectivity index (χ3v) is 4.99. The topological polar surface area (TPSA) is 72.2 Å². The van der Waals surface area contributed by atoms with E-state index in [2.05, 4.69) is 28.2 Å². The van der Waals surface area contributed by atoms with Crippen molar-refractivity contribution >= 4 is 27.5 Å². The minimum Gasteiger partial charge on any atom is -0.351 e. The minimum absolute atomic E-state index is 0.0912. The lowest BCUT2D eigenvalue weighted by molar-refractivity contribution is -0.385. The Kier molecular flexibility index (Phi) is 4.98. The number of halogens is 1. The summed E-state index contributed by atoms with van der Waals surface area (Å²) < 4.78 is 0.237. The molecule has 6 heteroatoms. The molecule has 21 heavy (non-hydrogen) atoms. The Labute approximate surface area is 132 Å². The second-order valence-electron chi connectivity index (χ2n) is 5.95. The molecular weight excluding hydrogens is 336 g/mol. The lowest BCUT2D eigenvalue weighted by atomic mass is 9.76. The number of rotatable bonds is 4. The van der Waals surface area contributed by atoms with E-state index in [9.17, 15) is 14.9 Å². The molecule has 5 nitrogen and oxygen atoms in total. The molecule has 0 aromatic heterocycles. The van der Waals surface area contributed by atoms with Gasteiger partial charge in [0.05, 0.1) is 10.5 Å². The van der Waals surface area contributed by atoms with Gasteiger partial charge >= 0.3 is 0 Å². The van der Waals surface area contributed by atoms with E-state index < -0.39 is 4.92 Å². The van der Waals surface area contributed by atoms with Crippen LogP contribution in [0.5, 0.6) is 0 Å². The van der Waals surface area contributed by atoms with Gasteiger partial charge in [-0.1, -0.05) is 32.3 Å². The molecular formula is C15H19BrN2O3. The normalized spacial score (nSPS) is 17.2. The van der Waals surface area contributed by atoms with Crippen LogP contribution in [0, 0.1) is 15.5 Å². The Morgan fingerprint density at radius 2 is 2.05 bits per heavy atom. The van der Waals surface area contributed by atoms with Gasteiger partial charge in [-0.05, 0) is 40.3 Å². The van der Waals surface area contributed by atoms with Gasteiger partial charge in [0, 0.05) is 12.6 Å². The quantitative estimate of drug-likeness (QED) is 0.654. The summed E-state index contributed by atoms with van der Waals surface area (Å²) in [5.41, 5.74) is 0.358. The molecule has 2 rings (SSSR count). The van der Waals surface area contributed by atoms with Crippen LogP contribution in [0.3, 0.4) is 0 Å². The molecule has 0 saturated heterocycles. The predicted molar refractivity (Wildman–Crippen MR) is 84.3 cm³/mol. The second kappa shape index (κ2) is 6.56. The minimum atomic E-state index is -0.497. The number of nitrogens with zero attached hydrogens (tertiary/aromatic N) is 1. The van der Waals surface area contributed by atoms with Gasteiger partial charge in [-0.3, -0.25) is 14.9 Å². The summed E-state index contributed by atoms with van der Waals surface area (Å²) in [4.78, 5) is 22.7.